The molecule has 2 aromatic rings. The van der Waals surface area contributed by atoms with Crippen molar-refractivity contribution < 1.29 is 0 Å². The third kappa shape index (κ3) is 3.86. The van der Waals surface area contributed by atoms with E-state index >= 15 is 0 Å². The number of thiophene rings is 1. The monoisotopic (exact) mass is 275 g/mol. The molecule has 0 aliphatic carbocycles. The molecule has 2 heterocycles. The number of likely N-dealkylation sites (N-methyl/N-ethyl adjacent to an activating group) is 1. The molecule has 0 aromatic carbocycles. The molecule has 0 fully saturated rings. The molecular formula is C15H21N3S. The maximum Gasteiger partial charge on any atom is 0.0588 e. The van der Waals surface area contributed by atoms with Crippen LogP contribution in [0.5, 0.6) is 0 Å². The summed E-state index contributed by atoms with van der Waals surface area (Å²) >= 11 is 1.78. The Hall–Kier alpha value is -1.23. The zero-order valence-electron chi connectivity index (χ0n) is 11.5. The maximum absolute atomic E-state index is 6.15. The van der Waals surface area contributed by atoms with Gasteiger partial charge in [-0.3, -0.25) is 9.88 Å². The lowest BCUT2D eigenvalue weighted by molar-refractivity contribution is 0.225. The predicted octanol–water partition coefficient (Wildman–Crippen LogP) is 2.71. The highest BCUT2D eigenvalue weighted by atomic mass is 32.1. The van der Waals surface area contributed by atoms with Crippen molar-refractivity contribution in [2.45, 2.75) is 25.4 Å². The van der Waals surface area contributed by atoms with Gasteiger partial charge in [-0.1, -0.05) is 6.07 Å². The van der Waals surface area contributed by atoms with Crippen molar-refractivity contribution in [3.8, 4) is 0 Å². The third-order valence-electron chi connectivity index (χ3n) is 3.31. The first-order valence-electron chi connectivity index (χ1n) is 6.56. The molecule has 0 saturated heterocycles. The van der Waals surface area contributed by atoms with Crippen LogP contribution in [0.1, 0.15) is 23.4 Å². The van der Waals surface area contributed by atoms with Crippen LogP contribution < -0.4 is 5.73 Å². The van der Waals surface area contributed by atoms with E-state index in [4.69, 9.17) is 5.73 Å². The fourth-order valence-electron chi connectivity index (χ4n) is 2.33. The average molecular weight is 275 g/mol. The van der Waals surface area contributed by atoms with Crippen molar-refractivity contribution in [2.24, 2.45) is 5.73 Å². The fraction of sp³-hybridized carbons (Fsp3) is 0.400. The van der Waals surface area contributed by atoms with Gasteiger partial charge in [0.15, 0.2) is 0 Å². The molecule has 2 aromatic heterocycles. The highest BCUT2D eigenvalue weighted by molar-refractivity contribution is 7.10. The summed E-state index contributed by atoms with van der Waals surface area (Å²) in [7, 11) is 2.15. The van der Waals surface area contributed by atoms with Crippen molar-refractivity contribution in [1.82, 2.24) is 9.88 Å². The first-order chi connectivity index (χ1) is 9.18. The molecule has 102 valence electrons. The van der Waals surface area contributed by atoms with Crippen LogP contribution in [0.25, 0.3) is 0 Å². The summed E-state index contributed by atoms with van der Waals surface area (Å²) in [6.07, 6.45) is 4.71. The molecule has 19 heavy (non-hydrogen) atoms. The molecule has 0 radical (unpaired) electrons. The SMILES string of the molecule is CC(N)C(c1cccs1)N(C)CCc1ccncc1. The number of pyridine rings is 1. The smallest absolute Gasteiger partial charge is 0.0588 e. The second-order valence-electron chi connectivity index (χ2n) is 4.91. The van der Waals surface area contributed by atoms with Crippen LogP contribution in [-0.2, 0) is 6.42 Å². The summed E-state index contributed by atoms with van der Waals surface area (Å²) in [5, 5.41) is 2.11. The Labute approximate surface area is 119 Å². The Bertz CT molecular complexity index is 467. The topological polar surface area (TPSA) is 42.1 Å². The molecule has 0 spiro atoms. The molecule has 3 nitrogen and oxygen atoms in total. The van der Waals surface area contributed by atoms with Crippen LogP contribution in [0.3, 0.4) is 0 Å². The van der Waals surface area contributed by atoms with Crippen molar-refractivity contribution in [3.05, 3.63) is 52.5 Å². The molecule has 0 amide bonds. The number of aromatic nitrogens is 1. The fourth-order valence-corrected chi connectivity index (χ4v) is 3.34. The summed E-state index contributed by atoms with van der Waals surface area (Å²) in [5.41, 5.74) is 7.47. The first kappa shape index (κ1) is 14.2. The van der Waals surface area contributed by atoms with Crippen LogP contribution in [0, 0.1) is 0 Å². The van der Waals surface area contributed by atoms with Gasteiger partial charge in [0.05, 0.1) is 6.04 Å². The normalized spacial score (nSPS) is 14.5. The Morgan fingerprint density at radius 1 is 1.32 bits per heavy atom. The molecular weight excluding hydrogens is 254 g/mol. The van der Waals surface area contributed by atoms with Crippen LogP contribution in [0.4, 0.5) is 0 Å². The minimum atomic E-state index is 0.126. The molecule has 2 atom stereocenters. The van der Waals surface area contributed by atoms with E-state index in [2.05, 4.69) is 53.5 Å². The van der Waals surface area contributed by atoms with Crippen molar-refractivity contribution in [3.63, 3.8) is 0 Å². The zero-order valence-corrected chi connectivity index (χ0v) is 12.3. The van der Waals surface area contributed by atoms with Gasteiger partial charge in [0.25, 0.3) is 0 Å². The highest BCUT2D eigenvalue weighted by Gasteiger charge is 2.21. The van der Waals surface area contributed by atoms with E-state index in [1.54, 1.807) is 11.3 Å². The number of nitrogens with zero attached hydrogens (tertiary/aromatic N) is 2. The third-order valence-corrected chi connectivity index (χ3v) is 4.25. The van der Waals surface area contributed by atoms with Crippen LogP contribution in [-0.4, -0.2) is 29.5 Å². The minimum absolute atomic E-state index is 0.126. The molecule has 0 aliphatic heterocycles. The van der Waals surface area contributed by atoms with Crippen molar-refractivity contribution >= 4 is 11.3 Å². The summed E-state index contributed by atoms with van der Waals surface area (Å²) in [5.74, 6) is 0. The maximum atomic E-state index is 6.15. The summed E-state index contributed by atoms with van der Waals surface area (Å²) < 4.78 is 0. The highest BCUT2D eigenvalue weighted by Crippen LogP contribution is 2.26. The number of hydrogen-bond acceptors (Lipinski definition) is 4. The summed E-state index contributed by atoms with van der Waals surface area (Å²) in [6.45, 7) is 3.07. The molecule has 0 saturated carbocycles. The lowest BCUT2D eigenvalue weighted by Crippen LogP contribution is -2.37. The van der Waals surface area contributed by atoms with E-state index in [0.29, 0.717) is 6.04 Å². The molecule has 0 aliphatic rings. The average Bonchev–Trinajstić information content (AvgIpc) is 2.91. The van der Waals surface area contributed by atoms with Gasteiger partial charge in [-0.05, 0) is 49.5 Å². The van der Waals surface area contributed by atoms with Gasteiger partial charge in [-0.15, -0.1) is 11.3 Å². The van der Waals surface area contributed by atoms with Gasteiger partial charge in [-0.2, -0.15) is 0 Å². The number of rotatable bonds is 6. The van der Waals surface area contributed by atoms with Crippen LogP contribution in [0.2, 0.25) is 0 Å². The first-order valence-corrected chi connectivity index (χ1v) is 7.44. The van der Waals surface area contributed by atoms with E-state index in [1.165, 1.54) is 10.4 Å². The molecule has 2 rings (SSSR count). The van der Waals surface area contributed by atoms with Crippen molar-refractivity contribution in [2.75, 3.05) is 13.6 Å². The quantitative estimate of drug-likeness (QED) is 0.881. The molecule has 4 heteroatoms. The van der Waals surface area contributed by atoms with Gasteiger partial charge in [0, 0.05) is 29.9 Å². The molecule has 2 unspecified atom stereocenters. The lowest BCUT2D eigenvalue weighted by atomic mass is 10.1. The second kappa shape index (κ2) is 6.80. The summed E-state index contributed by atoms with van der Waals surface area (Å²) in [6, 6.07) is 8.82. The van der Waals surface area contributed by atoms with E-state index in [0.717, 1.165) is 13.0 Å². The number of nitrogens with two attached hydrogens (primary N) is 1. The molecule has 0 bridgehead atoms. The van der Waals surface area contributed by atoms with Gasteiger partial charge >= 0.3 is 0 Å². The minimum Gasteiger partial charge on any atom is -0.326 e. The molecule has 2 N–H and O–H groups in total. The standard InChI is InChI=1S/C15H21N3S/c1-12(16)15(14-4-3-11-19-14)18(2)10-7-13-5-8-17-9-6-13/h3-6,8-9,11-12,15H,7,10,16H2,1-2H3. The van der Waals surface area contributed by atoms with Gasteiger partial charge in [0.2, 0.25) is 0 Å². The van der Waals surface area contributed by atoms with E-state index in [-0.39, 0.29) is 6.04 Å². The van der Waals surface area contributed by atoms with E-state index in [9.17, 15) is 0 Å². The van der Waals surface area contributed by atoms with Gasteiger partial charge in [0.1, 0.15) is 0 Å². The Balaban J connectivity index is 1.99. The summed E-state index contributed by atoms with van der Waals surface area (Å²) in [4.78, 5) is 7.73. The zero-order chi connectivity index (χ0) is 13.7. The van der Waals surface area contributed by atoms with Crippen LogP contribution >= 0.6 is 11.3 Å². The van der Waals surface area contributed by atoms with Crippen LogP contribution in [0.15, 0.2) is 42.0 Å². The lowest BCUT2D eigenvalue weighted by Gasteiger charge is -2.30. The number of hydrogen-bond donors (Lipinski definition) is 1. The Morgan fingerprint density at radius 2 is 2.05 bits per heavy atom. The van der Waals surface area contributed by atoms with Gasteiger partial charge in [-0.25, -0.2) is 0 Å². The Morgan fingerprint density at radius 3 is 2.63 bits per heavy atom. The van der Waals surface area contributed by atoms with Crippen molar-refractivity contribution in [1.29, 1.82) is 0 Å². The Kier molecular flexibility index (Phi) is 5.07. The van der Waals surface area contributed by atoms with E-state index in [1.807, 2.05) is 12.4 Å². The predicted molar refractivity (Wildman–Crippen MR) is 81.3 cm³/mol. The van der Waals surface area contributed by atoms with Gasteiger partial charge < -0.3 is 5.73 Å². The largest absolute Gasteiger partial charge is 0.326 e. The van der Waals surface area contributed by atoms with E-state index < -0.39 is 0 Å². The second-order valence-corrected chi connectivity index (χ2v) is 5.88.